The fourth-order valence-corrected chi connectivity index (χ4v) is 34.1. The van der Waals surface area contributed by atoms with Crippen molar-refractivity contribution in [1.29, 1.82) is 0 Å². The van der Waals surface area contributed by atoms with E-state index < -0.39 is 23.7 Å². The van der Waals surface area contributed by atoms with Crippen LogP contribution in [0.4, 0.5) is 8.78 Å². The van der Waals surface area contributed by atoms with E-state index in [2.05, 4.69) is 52.1 Å². The van der Waals surface area contributed by atoms with Crippen LogP contribution in [0.1, 0.15) is 33.6 Å². The molecule has 2 aliphatic rings. The molecule has 2 aliphatic carbocycles. The van der Waals surface area contributed by atoms with Crippen molar-refractivity contribution in [3.8, 4) is 11.5 Å². The summed E-state index contributed by atoms with van der Waals surface area (Å²) in [7, 11) is 0. The Kier molecular flexibility index (Phi) is 6.54. The van der Waals surface area contributed by atoms with E-state index in [1.165, 1.54) is 47.5 Å². The molecule has 0 atom stereocenters. The third-order valence-electron chi connectivity index (χ3n) is 6.73. The fraction of sp³-hybridized carbons (Fsp3) is 0.259. The van der Waals surface area contributed by atoms with Crippen LogP contribution >= 0.6 is 0 Å². The first-order chi connectivity index (χ1) is 15.6. The number of halogens is 2. The molecule has 2 nitrogen and oxygen atoms in total. The second-order valence-electron chi connectivity index (χ2n) is 9.33. The van der Waals surface area contributed by atoms with E-state index in [4.69, 9.17) is 5.63 Å². The van der Waals surface area contributed by atoms with E-state index in [1.807, 2.05) is 0 Å². The van der Waals surface area contributed by atoms with E-state index in [9.17, 15) is 8.78 Å². The summed E-state index contributed by atoms with van der Waals surface area (Å²) in [5.74, 6) is 0.624. The Hall–Kier alpha value is -2.04. The first kappa shape index (κ1) is 24.1. The van der Waals surface area contributed by atoms with E-state index in [-0.39, 0.29) is 11.6 Å². The normalized spacial score (nSPS) is 16.4. The van der Waals surface area contributed by atoms with E-state index in [1.54, 1.807) is 24.3 Å². The van der Waals surface area contributed by atoms with Crippen LogP contribution in [-0.4, -0.2) is 5.43 Å². The van der Waals surface area contributed by atoms with Gasteiger partial charge in [0.05, 0.1) is 0 Å². The van der Waals surface area contributed by atoms with Gasteiger partial charge in [0.25, 0.3) is 0 Å². The molecule has 0 aliphatic heterocycles. The first-order valence-electron chi connectivity index (χ1n) is 11.2. The van der Waals surface area contributed by atoms with Crippen LogP contribution in [0, 0.1) is 11.6 Å². The van der Waals surface area contributed by atoms with Crippen molar-refractivity contribution in [1.82, 2.24) is 0 Å². The summed E-state index contributed by atoms with van der Waals surface area (Å²) >= 11 is -5.03. The topological polar surface area (TPSA) is 18.5 Å². The molecule has 0 fully saturated rings. The SMILES string of the molecule is CC1=CC[C]([Zr]([O]c2ccc(F)cc2)([O]c2ccc(F)cc2)([C]2=C(C)C=C(C)C2)=[Si](C)C)=C1. The number of benzene rings is 2. The Bertz CT molecular complexity index is 1240. The third kappa shape index (κ3) is 4.17. The molecule has 0 bridgehead atoms. The summed E-state index contributed by atoms with van der Waals surface area (Å²) < 4.78 is 44.6. The predicted molar refractivity (Wildman–Crippen MR) is 129 cm³/mol. The van der Waals surface area contributed by atoms with Gasteiger partial charge in [0, 0.05) is 0 Å². The quantitative estimate of drug-likeness (QED) is 0.343. The van der Waals surface area contributed by atoms with Gasteiger partial charge in [0.15, 0.2) is 0 Å². The molecule has 0 amide bonds. The second kappa shape index (κ2) is 8.96. The van der Waals surface area contributed by atoms with Crippen molar-refractivity contribution in [2.75, 3.05) is 0 Å². The molecule has 0 saturated carbocycles. The van der Waals surface area contributed by atoms with Gasteiger partial charge >= 0.3 is 198 Å². The number of hydrogen-bond donors (Lipinski definition) is 0. The van der Waals surface area contributed by atoms with Gasteiger partial charge in [-0.1, -0.05) is 0 Å². The van der Waals surface area contributed by atoms with Crippen molar-refractivity contribution < 1.29 is 32.7 Å². The Morgan fingerprint density at radius 3 is 1.67 bits per heavy atom. The van der Waals surface area contributed by atoms with Crippen molar-refractivity contribution in [3.63, 3.8) is 0 Å². The fourth-order valence-electron chi connectivity index (χ4n) is 5.18. The first-order valence-corrected chi connectivity index (χ1v) is 21.9. The van der Waals surface area contributed by atoms with E-state index in [0.717, 1.165) is 12.8 Å². The Balaban J connectivity index is 2.08. The van der Waals surface area contributed by atoms with Crippen molar-refractivity contribution in [2.45, 2.75) is 46.7 Å². The third-order valence-corrected chi connectivity index (χ3v) is 37.7. The van der Waals surface area contributed by atoms with Gasteiger partial charge in [-0.2, -0.15) is 0 Å². The standard InChI is InChI=1S/C7H9.2C6H5FO.C6H7.C2H6Si.Zr/c1-6-3-4-7(2)5-6;2*7-5-1-3-6(8)4-2-5;1-6-4-2-3-5-6;1-3-2;/h5H,3H2,1-2H3;2*1-4,8H;4-5H,2H2,1H3;1-2H3;/q;;;;;+2/p-2. The van der Waals surface area contributed by atoms with E-state index in [0.29, 0.717) is 11.5 Å². The van der Waals surface area contributed by atoms with Crippen LogP contribution in [0.2, 0.25) is 13.1 Å². The molecule has 4 rings (SSSR count). The summed E-state index contributed by atoms with van der Waals surface area (Å²) in [6.45, 7) is 10.9. The molecule has 0 radical (unpaired) electrons. The zero-order valence-electron chi connectivity index (χ0n) is 19.8. The zero-order valence-corrected chi connectivity index (χ0v) is 23.3. The number of rotatable bonds is 6. The minimum atomic E-state index is -5.03. The molecule has 0 N–H and O–H groups in total. The summed E-state index contributed by atoms with van der Waals surface area (Å²) in [5, 5.41) is 0. The maximum absolute atomic E-state index is 13.8. The van der Waals surface area contributed by atoms with Crippen LogP contribution < -0.4 is 5.63 Å². The molecule has 0 aromatic heterocycles. The van der Waals surface area contributed by atoms with Crippen LogP contribution in [-0.2, 0) is 18.3 Å². The molecule has 0 unspecified atom stereocenters. The molecule has 33 heavy (non-hydrogen) atoms. The molecule has 0 heterocycles. The number of allylic oxidation sites excluding steroid dienone is 8. The average molecular weight is 544 g/mol. The van der Waals surface area contributed by atoms with Crippen LogP contribution in [0.5, 0.6) is 11.5 Å². The summed E-state index contributed by atoms with van der Waals surface area (Å²) in [6, 6.07) is 12.5. The monoisotopic (exact) mass is 542 g/mol. The van der Waals surface area contributed by atoms with Gasteiger partial charge < -0.3 is 0 Å². The van der Waals surface area contributed by atoms with Gasteiger partial charge in [-0.3, -0.25) is 0 Å². The molecule has 2 aromatic carbocycles. The second-order valence-corrected chi connectivity index (χ2v) is 33.4. The van der Waals surface area contributed by atoms with Crippen LogP contribution in [0.3, 0.4) is 0 Å². The Morgan fingerprint density at radius 2 is 1.30 bits per heavy atom. The van der Waals surface area contributed by atoms with Gasteiger partial charge in [0.2, 0.25) is 0 Å². The number of hydrogen-bond acceptors (Lipinski definition) is 2. The molecule has 2 aromatic rings. The van der Waals surface area contributed by atoms with Crippen molar-refractivity contribution in [3.05, 3.63) is 102 Å². The zero-order chi connectivity index (χ0) is 23.8. The summed E-state index contributed by atoms with van der Waals surface area (Å²) in [6.07, 6.45) is 8.26. The van der Waals surface area contributed by atoms with E-state index >= 15 is 0 Å². The molecule has 6 heteroatoms. The molecule has 0 spiro atoms. The maximum atomic E-state index is 13.8. The average Bonchev–Trinajstić information content (AvgIpc) is 3.36. The molecule has 0 saturated heterocycles. The predicted octanol–water partition coefficient (Wildman–Crippen LogP) is 8.05. The van der Waals surface area contributed by atoms with Crippen molar-refractivity contribution >= 4 is 5.43 Å². The Morgan fingerprint density at radius 1 is 0.788 bits per heavy atom. The van der Waals surface area contributed by atoms with Gasteiger partial charge in [0.1, 0.15) is 0 Å². The summed E-state index contributed by atoms with van der Waals surface area (Å²) in [5.41, 5.74) is 2.40. The minimum absolute atomic E-state index is 0.304. The van der Waals surface area contributed by atoms with Gasteiger partial charge in [-0.05, 0) is 0 Å². The van der Waals surface area contributed by atoms with Crippen LogP contribution in [0.15, 0.2) is 90.0 Å². The molecule has 172 valence electrons. The molecular weight excluding hydrogens is 514 g/mol. The van der Waals surface area contributed by atoms with Crippen LogP contribution in [0.25, 0.3) is 0 Å². The van der Waals surface area contributed by atoms with Gasteiger partial charge in [-0.25, -0.2) is 0 Å². The molecular formula is C27H30F2O2SiZr. The summed E-state index contributed by atoms with van der Waals surface area (Å²) in [4.78, 5) is 0. The van der Waals surface area contributed by atoms with Crippen molar-refractivity contribution in [2.24, 2.45) is 0 Å². The van der Waals surface area contributed by atoms with Gasteiger partial charge in [-0.15, -0.1) is 0 Å². The Labute approximate surface area is 197 Å².